The van der Waals surface area contributed by atoms with E-state index in [1.165, 1.54) is 64.8 Å². The minimum atomic E-state index is -1.45. The van der Waals surface area contributed by atoms with E-state index in [0.717, 1.165) is 30.4 Å². The molecule has 0 spiro atoms. The molecule has 0 aliphatic carbocycles. The van der Waals surface area contributed by atoms with E-state index < -0.39 is 66.3 Å². The molecule has 3 amide bonds. The molecule has 2 fully saturated rings. The van der Waals surface area contributed by atoms with E-state index in [1.807, 2.05) is 43.1 Å². The molecule has 0 bridgehead atoms. The molecule has 2 aliphatic rings. The molecule has 2 aliphatic heterocycles. The Hall–Kier alpha value is -6.89. The van der Waals surface area contributed by atoms with Crippen LogP contribution in [0.4, 0.5) is 10.7 Å². The van der Waals surface area contributed by atoms with Crippen LogP contribution in [0, 0.1) is 43.8 Å². The van der Waals surface area contributed by atoms with Gasteiger partial charge in [0.1, 0.15) is 23.7 Å². The number of carbonyl (C=O) groups is 9. The Labute approximate surface area is 703 Å². The third kappa shape index (κ3) is 60.3. The van der Waals surface area contributed by atoms with Gasteiger partial charge >= 0.3 is 54.0 Å². The Kier molecular flexibility index (Phi) is 63.8. The second kappa shape index (κ2) is 69.1. The minimum Gasteiger partial charge on any atom is -0.481 e. The van der Waals surface area contributed by atoms with Gasteiger partial charge in [-0.25, -0.2) is 19.4 Å². The summed E-state index contributed by atoms with van der Waals surface area (Å²) < 4.78 is 43.7. The van der Waals surface area contributed by atoms with Crippen LogP contribution in [-0.4, -0.2) is 389 Å². The number of nitrogens with one attached hydrogen (secondary N) is 4. The zero-order chi connectivity index (χ0) is 83.8. The number of ether oxygens (including phenoxy) is 8. The second-order valence-corrected chi connectivity index (χ2v) is 27.4. The topological polar surface area (TPSA) is 509 Å². The van der Waals surface area contributed by atoms with E-state index in [9.17, 15) is 63.6 Å². The van der Waals surface area contributed by atoms with Gasteiger partial charge in [-0.05, 0) is 83.6 Å². The monoisotopic (exact) mass is 1800 g/mol. The van der Waals surface area contributed by atoms with Crippen LogP contribution in [0.3, 0.4) is 0 Å². The fraction of sp³-hybridized carbons (Fsp3) is 0.747. The number of unbranched alkanes of at least 4 members (excludes halogenated alkanes) is 8. The van der Waals surface area contributed by atoms with Crippen LogP contribution in [0.5, 0.6) is 0 Å². The van der Waals surface area contributed by atoms with Crippen molar-refractivity contribution in [1.82, 2.24) is 60.3 Å². The summed E-state index contributed by atoms with van der Waals surface area (Å²) >= 11 is 0. The number of amides is 3. The van der Waals surface area contributed by atoms with Gasteiger partial charge in [-0.2, -0.15) is 19.6 Å². The third-order valence-corrected chi connectivity index (χ3v) is 17.9. The molecule has 115 heavy (non-hydrogen) atoms. The first-order chi connectivity index (χ1) is 54.8. The zero-order valence-corrected chi connectivity index (χ0v) is 68.7. The summed E-state index contributed by atoms with van der Waals surface area (Å²) in [5.41, 5.74) is 1.99. The van der Waals surface area contributed by atoms with Crippen molar-refractivity contribution in [2.45, 2.75) is 134 Å². The second-order valence-electron chi connectivity index (χ2n) is 27.4. The maximum atomic E-state index is 12.1. The van der Waals surface area contributed by atoms with Gasteiger partial charge in [0, 0.05) is 147 Å². The summed E-state index contributed by atoms with van der Waals surface area (Å²) in [6, 6.07) is 4.16. The maximum absolute atomic E-state index is 12.1. The number of aliphatic carboxylic acids is 7. The van der Waals surface area contributed by atoms with Crippen molar-refractivity contribution in [3.8, 4) is 0 Å². The Morgan fingerprint density at radius 1 is 0.452 bits per heavy atom. The number of carbonyl (C=O) groups excluding carboxylic acids is 4. The van der Waals surface area contributed by atoms with Crippen LogP contribution in [0.25, 0.3) is 0 Å². The standard InChI is InChI=1S/C46H76N8O16.C28H51N5O8.CO2.Lu/c1-37-48-41(50-46(49-37)47-8-16-64-18-20-66-22-24-68-26-28-70-30-29-69-27-25-67-23-21-65-19-17-63-15-7-42(55)56)32-39-5-3-38(4-6-39)31-40-33-51(2)9-10-52(34-43(57)58)11-12-53(35-44(59)60)13-14-54(40)36-45(61)62;1-32-18-20-33(21-19-32)17-11-7-5-3-2-4-6-8-13-24(34)29-16-10-9-12-22(26(37)38)30-28(41)31-23(27(39)40)14-15-25(35)36;2-1-3;/h3-6,40H,7-36H2,1-2H3,(H,55,56)(H,57,58)(H,59,60)(H,61,62)(H,47,48,49,50);22-23H,2-21H2,1H3,(H,29,34)(H,35,36)(H,37,38)(H,39,40)(H2,30,31,41);;/t;22-,23-;;/m.0../s1. The summed E-state index contributed by atoms with van der Waals surface area (Å²) in [6.07, 6.45) is 11.3. The van der Waals surface area contributed by atoms with Gasteiger partial charge in [-0.1, -0.05) is 62.8 Å². The first kappa shape index (κ1) is 106. The number of rotatable bonds is 61. The number of piperazine rings is 1. The Morgan fingerprint density at radius 2 is 0.878 bits per heavy atom. The van der Waals surface area contributed by atoms with Crippen molar-refractivity contribution in [2.24, 2.45) is 0 Å². The van der Waals surface area contributed by atoms with E-state index >= 15 is 0 Å². The average molecular weight is 1800 g/mol. The van der Waals surface area contributed by atoms with Gasteiger partial charge in [0.05, 0.1) is 132 Å². The number of nitrogens with zero attached hydrogens (tertiary/aromatic N) is 9. The number of hydrogen-bond acceptors (Lipinski definition) is 29. The number of carboxylic acids is 7. The average Bonchev–Trinajstić information content (AvgIpc) is 0.851. The van der Waals surface area contributed by atoms with Crippen LogP contribution in [0.1, 0.15) is 119 Å². The predicted molar refractivity (Wildman–Crippen MR) is 412 cm³/mol. The van der Waals surface area contributed by atoms with Crippen LogP contribution < -0.4 is 21.3 Å². The molecule has 4 rings (SSSR count). The van der Waals surface area contributed by atoms with Gasteiger partial charge in [0.2, 0.25) is 11.9 Å². The quantitative estimate of drug-likeness (QED) is 0.0416. The molecule has 11 N–H and O–H groups in total. The fourth-order valence-corrected chi connectivity index (χ4v) is 11.8. The molecule has 1 aromatic heterocycles. The molecule has 663 valence electrons. The van der Waals surface area contributed by atoms with E-state index in [4.69, 9.17) is 62.8 Å². The molecule has 39 nitrogen and oxygen atoms in total. The van der Waals surface area contributed by atoms with Crippen LogP contribution in [0.2, 0.25) is 0 Å². The van der Waals surface area contributed by atoms with E-state index in [1.54, 1.807) is 9.80 Å². The van der Waals surface area contributed by atoms with Crippen molar-refractivity contribution < 1.29 is 163 Å². The summed E-state index contributed by atoms with van der Waals surface area (Å²) in [5.74, 6) is -6.10. The van der Waals surface area contributed by atoms with Crippen LogP contribution in [-0.2, 0) is 98.7 Å². The number of likely N-dealkylation sites (N-methyl/N-ethyl adjacent to an activating group) is 2. The number of urea groups is 1. The third-order valence-electron chi connectivity index (χ3n) is 17.9. The van der Waals surface area contributed by atoms with E-state index in [0.29, 0.717) is 208 Å². The summed E-state index contributed by atoms with van der Waals surface area (Å²) in [7, 11) is 4.12. The maximum Gasteiger partial charge on any atom is 0.373 e. The molecular formula is C75H127LuN13O26. The molecule has 1 unspecified atom stereocenters. The molecule has 2 aromatic rings. The van der Waals surface area contributed by atoms with Crippen LogP contribution >= 0.6 is 0 Å². The van der Waals surface area contributed by atoms with E-state index in [-0.39, 0.29) is 100 Å². The zero-order valence-electron chi connectivity index (χ0n) is 67.1. The fourth-order valence-electron chi connectivity index (χ4n) is 11.8. The van der Waals surface area contributed by atoms with Gasteiger partial charge in [0.15, 0.2) is 0 Å². The first-order valence-corrected chi connectivity index (χ1v) is 39.2. The van der Waals surface area contributed by atoms with Crippen molar-refractivity contribution >= 4 is 65.8 Å². The SMILES string of the molecule is CN1CCN(CCCCCCCCCCC(=O)NCCCC[C@H](NC(=O)N[C@@H](CCC(=O)O)C(=O)O)C(=O)O)CC1.Cc1nc(Cc2ccc(CC3CN(C)CCN(CC(=O)O)CCN(CC(=O)O)CCN3CC(=O)O)cc2)nc(NCCOCCOCCOCCOCCOCCOCCOCCOCCC(=O)O)n1.O=C=O.[Lu]. The molecule has 40 heteroatoms. The predicted octanol–water partition coefficient (Wildman–Crippen LogP) is 1.32. The van der Waals surface area contributed by atoms with Gasteiger partial charge in [-0.15, -0.1) is 0 Å². The molecule has 3 heterocycles. The molecule has 3 atom stereocenters. The Morgan fingerprint density at radius 3 is 1.37 bits per heavy atom. The van der Waals surface area contributed by atoms with Crippen molar-refractivity contribution in [3.05, 3.63) is 47.0 Å². The van der Waals surface area contributed by atoms with Crippen molar-refractivity contribution in [2.75, 3.05) is 236 Å². The number of hydrogen-bond donors (Lipinski definition) is 11. The van der Waals surface area contributed by atoms with E-state index in [2.05, 4.69) is 58.0 Å². The molecule has 2 saturated heterocycles. The molecule has 1 radical (unpaired) electrons. The number of aryl methyl sites for hydroxylation is 1. The summed E-state index contributed by atoms with van der Waals surface area (Å²) in [6.45, 7) is 17.5. The Balaban J connectivity index is 0.00000125. The van der Waals surface area contributed by atoms with Gasteiger partial charge in [-0.3, -0.25) is 43.5 Å². The minimum absolute atomic E-state index is 0. The summed E-state index contributed by atoms with van der Waals surface area (Å²) in [5, 5.41) is 74.9. The van der Waals surface area contributed by atoms with Gasteiger partial charge < -0.3 is 110 Å². The van der Waals surface area contributed by atoms with Crippen molar-refractivity contribution in [1.29, 1.82) is 0 Å². The number of benzene rings is 1. The first-order valence-electron chi connectivity index (χ1n) is 39.2. The number of carboxylic acid groups (broad SMARTS) is 7. The van der Waals surface area contributed by atoms with Crippen LogP contribution in [0.15, 0.2) is 24.3 Å². The summed E-state index contributed by atoms with van der Waals surface area (Å²) in [4.78, 5) is 145. The number of aromatic nitrogens is 3. The smallest absolute Gasteiger partial charge is 0.373 e. The molecule has 1 aromatic carbocycles. The normalized spacial score (nSPS) is 15.3. The largest absolute Gasteiger partial charge is 0.481 e. The van der Waals surface area contributed by atoms with Crippen molar-refractivity contribution in [3.63, 3.8) is 0 Å². The number of anilines is 1. The Bertz CT molecular complexity index is 3020. The van der Waals surface area contributed by atoms with Gasteiger partial charge in [0.25, 0.3) is 0 Å². The molecule has 0 saturated carbocycles. The molecular weight excluding hydrogens is 1670 g/mol.